The third-order valence-corrected chi connectivity index (χ3v) is 3.32. The Morgan fingerprint density at radius 2 is 2.42 bits per heavy atom. The summed E-state index contributed by atoms with van der Waals surface area (Å²) in [7, 11) is 1.95. The number of rotatable bonds is 4. The number of likely N-dealkylation sites (N-methyl/N-ethyl adjacent to an activating group) is 1. The monoisotopic (exact) mass is 258 g/mol. The van der Waals surface area contributed by atoms with Crippen molar-refractivity contribution < 1.29 is 4.79 Å². The van der Waals surface area contributed by atoms with Crippen LogP contribution < -0.4 is 10.6 Å². The molecule has 0 aliphatic carbocycles. The number of nitrogens with zero attached hydrogens (tertiary/aromatic N) is 2. The van der Waals surface area contributed by atoms with Gasteiger partial charge in [0.2, 0.25) is 5.91 Å². The maximum Gasteiger partial charge on any atom is 0.238 e. The first-order chi connectivity index (χ1) is 9.21. The fourth-order valence-corrected chi connectivity index (χ4v) is 2.28. The van der Waals surface area contributed by atoms with E-state index in [0.29, 0.717) is 23.8 Å². The molecule has 1 amide bonds. The Balaban J connectivity index is 1.86. The molecular weight excluding hydrogens is 240 g/mol. The van der Waals surface area contributed by atoms with Crippen molar-refractivity contribution in [2.75, 3.05) is 32.0 Å². The molecule has 2 N–H and O–H groups in total. The molecule has 0 aromatic heterocycles. The van der Waals surface area contributed by atoms with Crippen molar-refractivity contribution in [2.24, 2.45) is 0 Å². The van der Waals surface area contributed by atoms with Crippen LogP contribution in [0.25, 0.3) is 0 Å². The summed E-state index contributed by atoms with van der Waals surface area (Å²) in [6.45, 7) is 2.24. The molecule has 1 saturated heterocycles. The second-order valence-corrected chi connectivity index (χ2v) is 4.75. The van der Waals surface area contributed by atoms with Gasteiger partial charge in [-0.2, -0.15) is 5.26 Å². The molecule has 19 heavy (non-hydrogen) atoms. The van der Waals surface area contributed by atoms with E-state index in [-0.39, 0.29) is 5.91 Å². The highest BCUT2D eigenvalue weighted by Gasteiger charge is 2.22. The van der Waals surface area contributed by atoms with Gasteiger partial charge in [-0.15, -0.1) is 0 Å². The third kappa shape index (κ3) is 3.78. The second-order valence-electron chi connectivity index (χ2n) is 4.75. The van der Waals surface area contributed by atoms with Crippen LogP contribution in [0.3, 0.4) is 0 Å². The number of carbonyl (C=O) groups is 1. The van der Waals surface area contributed by atoms with Crippen LogP contribution in [0.5, 0.6) is 0 Å². The van der Waals surface area contributed by atoms with Gasteiger partial charge in [-0.25, -0.2) is 0 Å². The molecule has 0 saturated carbocycles. The second kappa shape index (κ2) is 6.32. The van der Waals surface area contributed by atoms with E-state index in [9.17, 15) is 4.79 Å². The van der Waals surface area contributed by atoms with Gasteiger partial charge in [-0.05, 0) is 31.7 Å². The van der Waals surface area contributed by atoms with E-state index in [2.05, 4.69) is 21.6 Å². The van der Waals surface area contributed by atoms with Gasteiger partial charge in [0, 0.05) is 24.8 Å². The van der Waals surface area contributed by atoms with Crippen LogP contribution in [0.4, 0.5) is 5.69 Å². The predicted molar refractivity (Wildman–Crippen MR) is 73.7 cm³/mol. The van der Waals surface area contributed by atoms with E-state index in [0.717, 1.165) is 19.5 Å². The van der Waals surface area contributed by atoms with Crippen LogP contribution in [0.2, 0.25) is 0 Å². The number of anilines is 1. The Morgan fingerprint density at radius 3 is 3.11 bits per heavy atom. The number of hydrogen-bond donors (Lipinski definition) is 2. The number of nitrogens with one attached hydrogen (secondary N) is 2. The quantitative estimate of drug-likeness (QED) is 0.838. The number of likely N-dealkylation sites (tertiary alicyclic amines) is 1. The van der Waals surface area contributed by atoms with Crippen LogP contribution in [0.1, 0.15) is 12.0 Å². The van der Waals surface area contributed by atoms with Crippen molar-refractivity contribution >= 4 is 11.6 Å². The average molecular weight is 258 g/mol. The van der Waals surface area contributed by atoms with Crippen LogP contribution in [0, 0.1) is 11.3 Å². The van der Waals surface area contributed by atoms with Crippen LogP contribution in [0.15, 0.2) is 24.3 Å². The molecule has 0 bridgehead atoms. The first-order valence-corrected chi connectivity index (χ1v) is 6.41. The van der Waals surface area contributed by atoms with E-state index in [1.165, 1.54) is 0 Å². The summed E-state index contributed by atoms with van der Waals surface area (Å²) in [5.41, 5.74) is 1.22. The first kappa shape index (κ1) is 13.5. The number of hydrogen-bond acceptors (Lipinski definition) is 4. The van der Waals surface area contributed by atoms with E-state index >= 15 is 0 Å². The molecule has 5 heteroatoms. The Morgan fingerprint density at radius 1 is 1.58 bits per heavy atom. The van der Waals surface area contributed by atoms with Gasteiger partial charge in [0.1, 0.15) is 0 Å². The molecule has 1 aromatic rings. The number of carbonyl (C=O) groups excluding carboxylic acids is 1. The van der Waals surface area contributed by atoms with Gasteiger partial charge >= 0.3 is 0 Å². The molecule has 5 nitrogen and oxygen atoms in total. The highest BCUT2D eigenvalue weighted by Crippen LogP contribution is 2.11. The lowest BCUT2D eigenvalue weighted by molar-refractivity contribution is -0.117. The fraction of sp³-hybridized carbons (Fsp3) is 0.429. The number of amides is 1. The molecule has 100 valence electrons. The fourth-order valence-electron chi connectivity index (χ4n) is 2.28. The molecule has 1 heterocycles. The van der Waals surface area contributed by atoms with E-state index < -0.39 is 0 Å². The molecule has 1 unspecified atom stereocenters. The van der Waals surface area contributed by atoms with Gasteiger partial charge in [0.25, 0.3) is 0 Å². The minimum Gasteiger partial charge on any atom is -0.325 e. The number of benzene rings is 1. The van der Waals surface area contributed by atoms with Gasteiger partial charge in [0.15, 0.2) is 0 Å². The highest BCUT2D eigenvalue weighted by atomic mass is 16.2. The zero-order valence-electron chi connectivity index (χ0n) is 11.0. The minimum absolute atomic E-state index is 0.0353. The lowest BCUT2D eigenvalue weighted by Gasteiger charge is -2.15. The Labute approximate surface area is 113 Å². The molecule has 1 aliphatic rings. The Kier molecular flexibility index (Phi) is 4.50. The summed E-state index contributed by atoms with van der Waals surface area (Å²) in [4.78, 5) is 14.0. The zero-order valence-corrected chi connectivity index (χ0v) is 11.0. The predicted octanol–water partition coefficient (Wildman–Crippen LogP) is 0.790. The van der Waals surface area contributed by atoms with Crippen molar-refractivity contribution in [1.82, 2.24) is 10.2 Å². The van der Waals surface area contributed by atoms with E-state index in [1.54, 1.807) is 24.3 Å². The van der Waals surface area contributed by atoms with Crippen molar-refractivity contribution in [3.05, 3.63) is 29.8 Å². The lowest BCUT2D eigenvalue weighted by Crippen LogP contribution is -2.34. The van der Waals surface area contributed by atoms with Crippen molar-refractivity contribution in [3.8, 4) is 6.07 Å². The minimum atomic E-state index is -0.0353. The van der Waals surface area contributed by atoms with Gasteiger partial charge in [0.05, 0.1) is 18.2 Å². The summed E-state index contributed by atoms with van der Waals surface area (Å²) in [5.74, 6) is -0.0353. The maximum absolute atomic E-state index is 11.9. The molecular formula is C14H18N4O. The molecule has 1 atom stereocenters. The lowest BCUT2D eigenvalue weighted by atomic mass is 10.2. The summed E-state index contributed by atoms with van der Waals surface area (Å²) >= 11 is 0. The van der Waals surface area contributed by atoms with Gasteiger partial charge < -0.3 is 10.6 Å². The van der Waals surface area contributed by atoms with E-state index in [4.69, 9.17) is 5.26 Å². The molecule has 1 aliphatic heterocycles. The molecule has 2 rings (SSSR count). The largest absolute Gasteiger partial charge is 0.325 e. The van der Waals surface area contributed by atoms with Crippen molar-refractivity contribution in [2.45, 2.75) is 12.5 Å². The first-order valence-electron chi connectivity index (χ1n) is 6.41. The smallest absolute Gasteiger partial charge is 0.238 e. The maximum atomic E-state index is 11.9. The standard InChI is InChI=1S/C14H18N4O/c1-16-13-5-6-18(9-13)10-14(19)17-12-4-2-3-11(7-12)8-15/h2-4,7,13,16H,5-6,9-10H2,1H3,(H,17,19). The van der Waals surface area contributed by atoms with Gasteiger partial charge in [-0.1, -0.05) is 6.07 Å². The van der Waals surface area contributed by atoms with Crippen molar-refractivity contribution in [3.63, 3.8) is 0 Å². The molecule has 0 radical (unpaired) electrons. The Bertz CT molecular complexity index is 494. The van der Waals surface area contributed by atoms with Crippen LogP contribution >= 0.6 is 0 Å². The zero-order chi connectivity index (χ0) is 13.7. The van der Waals surface area contributed by atoms with Crippen molar-refractivity contribution in [1.29, 1.82) is 5.26 Å². The number of nitriles is 1. The average Bonchev–Trinajstić information content (AvgIpc) is 2.86. The summed E-state index contributed by atoms with van der Waals surface area (Å²) < 4.78 is 0. The highest BCUT2D eigenvalue weighted by molar-refractivity contribution is 5.92. The normalized spacial score (nSPS) is 19.1. The van der Waals surface area contributed by atoms with E-state index in [1.807, 2.05) is 7.05 Å². The SMILES string of the molecule is CNC1CCN(CC(=O)Nc2cccc(C#N)c2)C1. The summed E-state index contributed by atoms with van der Waals surface area (Å²) in [6.07, 6.45) is 1.08. The van der Waals surface area contributed by atoms with Crippen LogP contribution in [-0.4, -0.2) is 43.5 Å². The molecule has 1 fully saturated rings. The molecule has 1 aromatic carbocycles. The third-order valence-electron chi connectivity index (χ3n) is 3.32. The topological polar surface area (TPSA) is 68.2 Å². The van der Waals surface area contributed by atoms with Gasteiger partial charge in [-0.3, -0.25) is 9.69 Å². The summed E-state index contributed by atoms with van der Waals surface area (Å²) in [5, 5.41) is 14.9. The summed E-state index contributed by atoms with van der Waals surface area (Å²) in [6, 6.07) is 9.49. The molecule has 0 spiro atoms. The van der Waals surface area contributed by atoms with Crippen LogP contribution in [-0.2, 0) is 4.79 Å². The Hall–Kier alpha value is -1.90.